The third-order valence-electron chi connectivity index (χ3n) is 5.19. The molecule has 0 bridgehead atoms. The van der Waals surface area contributed by atoms with Crippen LogP contribution in [0.1, 0.15) is 12.0 Å². The molecule has 0 saturated heterocycles. The number of aryl methyl sites for hydroxylation is 2. The van der Waals surface area contributed by atoms with Crippen molar-refractivity contribution in [3.05, 3.63) is 82.4 Å². The Kier molecular flexibility index (Phi) is 6.13. The molecule has 0 fully saturated rings. The van der Waals surface area contributed by atoms with Crippen LogP contribution >= 0.6 is 0 Å². The highest BCUT2D eigenvalue weighted by Crippen LogP contribution is 2.36. The summed E-state index contributed by atoms with van der Waals surface area (Å²) >= 11 is 0. The van der Waals surface area contributed by atoms with Gasteiger partial charge in [0.25, 0.3) is 5.56 Å². The molecule has 0 radical (unpaired) electrons. The number of aliphatic hydroxyl groups excluding tert-OH is 1. The monoisotopic (exact) mass is 433 g/mol. The van der Waals surface area contributed by atoms with E-state index in [0.29, 0.717) is 41.4 Å². The van der Waals surface area contributed by atoms with Crippen molar-refractivity contribution in [3.8, 4) is 28.2 Å². The molecule has 4 aromatic rings. The molecule has 4 rings (SSSR count). The molecule has 0 aliphatic carbocycles. The van der Waals surface area contributed by atoms with Crippen LogP contribution < -0.4 is 10.9 Å². The van der Waals surface area contributed by atoms with Gasteiger partial charge in [0.1, 0.15) is 17.3 Å². The van der Waals surface area contributed by atoms with Crippen LogP contribution in [-0.4, -0.2) is 37.8 Å². The molecule has 0 saturated carbocycles. The number of hydrogen-bond donors (Lipinski definition) is 2. The second-order valence-electron chi connectivity index (χ2n) is 7.46. The largest absolute Gasteiger partial charge is 0.396 e. The normalized spacial score (nSPS) is 11.0. The summed E-state index contributed by atoms with van der Waals surface area (Å²) in [4.78, 5) is 12.6. The van der Waals surface area contributed by atoms with E-state index in [0.717, 1.165) is 11.1 Å². The van der Waals surface area contributed by atoms with E-state index in [2.05, 4.69) is 15.5 Å². The summed E-state index contributed by atoms with van der Waals surface area (Å²) in [5.74, 6) is 0.360. The van der Waals surface area contributed by atoms with Crippen molar-refractivity contribution in [2.75, 3.05) is 18.5 Å². The highest BCUT2D eigenvalue weighted by atomic mass is 19.1. The molecule has 2 N–H and O–H groups in total. The number of nitrogens with one attached hydrogen (secondary N) is 1. The lowest BCUT2D eigenvalue weighted by molar-refractivity contribution is 0.292. The Morgan fingerprint density at radius 1 is 1.03 bits per heavy atom. The van der Waals surface area contributed by atoms with Gasteiger partial charge in [0.2, 0.25) is 0 Å². The SMILES string of the molecule is Cc1ccccc1-n1nc(-c2c(-c3ccc(F)cc3)nn(C)c2NCCCO)ccc1=O. The average molecular weight is 433 g/mol. The molecule has 8 heteroatoms. The first-order valence-corrected chi connectivity index (χ1v) is 10.3. The fourth-order valence-corrected chi connectivity index (χ4v) is 3.58. The van der Waals surface area contributed by atoms with Crippen molar-refractivity contribution in [3.63, 3.8) is 0 Å². The molecule has 7 nitrogen and oxygen atoms in total. The lowest BCUT2D eigenvalue weighted by Gasteiger charge is -2.12. The highest BCUT2D eigenvalue weighted by Gasteiger charge is 2.21. The quantitative estimate of drug-likeness (QED) is 0.436. The topological polar surface area (TPSA) is 85.0 Å². The molecule has 32 heavy (non-hydrogen) atoms. The summed E-state index contributed by atoms with van der Waals surface area (Å²) in [5, 5.41) is 21.8. The van der Waals surface area contributed by atoms with Crippen molar-refractivity contribution < 1.29 is 9.50 Å². The Hall–Kier alpha value is -3.78. The number of anilines is 1. The van der Waals surface area contributed by atoms with Crippen LogP contribution in [0, 0.1) is 12.7 Å². The zero-order valence-corrected chi connectivity index (χ0v) is 17.9. The van der Waals surface area contributed by atoms with E-state index in [-0.39, 0.29) is 18.0 Å². The van der Waals surface area contributed by atoms with Gasteiger partial charge in [0.05, 0.1) is 16.9 Å². The summed E-state index contributed by atoms with van der Waals surface area (Å²) in [6.45, 7) is 2.51. The van der Waals surface area contributed by atoms with Gasteiger partial charge in [0, 0.05) is 31.8 Å². The number of nitrogens with zero attached hydrogens (tertiary/aromatic N) is 4. The lowest BCUT2D eigenvalue weighted by atomic mass is 10.0. The van der Waals surface area contributed by atoms with E-state index in [4.69, 9.17) is 0 Å². The zero-order valence-electron chi connectivity index (χ0n) is 17.9. The molecule has 0 aliphatic heterocycles. The Morgan fingerprint density at radius 2 is 1.78 bits per heavy atom. The van der Waals surface area contributed by atoms with Gasteiger partial charge in [-0.05, 0) is 55.3 Å². The molecule has 0 unspecified atom stereocenters. The number of para-hydroxylation sites is 1. The number of hydrogen-bond acceptors (Lipinski definition) is 5. The van der Waals surface area contributed by atoms with Gasteiger partial charge < -0.3 is 10.4 Å². The van der Waals surface area contributed by atoms with Gasteiger partial charge in [-0.2, -0.15) is 14.9 Å². The first kappa shape index (κ1) is 21.5. The second kappa shape index (κ2) is 9.15. The third-order valence-corrected chi connectivity index (χ3v) is 5.19. The van der Waals surface area contributed by atoms with Crippen molar-refractivity contribution >= 4 is 5.82 Å². The van der Waals surface area contributed by atoms with Gasteiger partial charge in [-0.15, -0.1) is 0 Å². The molecule has 2 aromatic heterocycles. The minimum atomic E-state index is -0.334. The Bertz CT molecular complexity index is 1290. The number of aromatic nitrogens is 4. The van der Waals surface area contributed by atoms with Gasteiger partial charge in [-0.3, -0.25) is 9.48 Å². The molecule has 0 spiro atoms. The van der Waals surface area contributed by atoms with Gasteiger partial charge >= 0.3 is 0 Å². The van der Waals surface area contributed by atoms with Crippen molar-refractivity contribution in [1.82, 2.24) is 19.6 Å². The number of rotatable bonds is 7. The number of halogens is 1. The van der Waals surface area contributed by atoms with E-state index in [9.17, 15) is 14.3 Å². The molecular weight excluding hydrogens is 409 g/mol. The maximum absolute atomic E-state index is 13.5. The first-order chi connectivity index (χ1) is 15.5. The van der Waals surface area contributed by atoms with Crippen molar-refractivity contribution in [2.24, 2.45) is 7.05 Å². The molecule has 2 heterocycles. The highest BCUT2D eigenvalue weighted by molar-refractivity contribution is 5.87. The fourth-order valence-electron chi connectivity index (χ4n) is 3.58. The van der Waals surface area contributed by atoms with E-state index in [1.54, 1.807) is 29.9 Å². The molecule has 0 amide bonds. The molecular formula is C24H24FN5O2. The van der Waals surface area contributed by atoms with E-state index >= 15 is 0 Å². The minimum absolute atomic E-state index is 0.0570. The average Bonchev–Trinajstić information content (AvgIpc) is 3.11. The minimum Gasteiger partial charge on any atom is -0.396 e. The van der Waals surface area contributed by atoms with Crippen LogP contribution in [0.2, 0.25) is 0 Å². The van der Waals surface area contributed by atoms with Crippen molar-refractivity contribution in [1.29, 1.82) is 0 Å². The number of aliphatic hydroxyl groups is 1. The van der Waals surface area contributed by atoms with Gasteiger partial charge in [-0.1, -0.05) is 18.2 Å². The maximum Gasteiger partial charge on any atom is 0.271 e. The van der Waals surface area contributed by atoms with Crippen LogP contribution in [0.4, 0.5) is 10.2 Å². The van der Waals surface area contributed by atoms with E-state index in [1.807, 2.05) is 31.2 Å². The lowest BCUT2D eigenvalue weighted by Crippen LogP contribution is -2.21. The summed E-state index contributed by atoms with van der Waals surface area (Å²) in [6, 6.07) is 16.8. The summed E-state index contributed by atoms with van der Waals surface area (Å²) in [7, 11) is 1.80. The zero-order chi connectivity index (χ0) is 22.7. The smallest absolute Gasteiger partial charge is 0.271 e. The second-order valence-corrected chi connectivity index (χ2v) is 7.46. The molecule has 164 valence electrons. The van der Waals surface area contributed by atoms with E-state index < -0.39 is 0 Å². The van der Waals surface area contributed by atoms with Crippen LogP contribution in [0.5, 0.6) is 0 Å². The Morgan fingerprint density at radius 3 is 2.50 bits per heavy atom. The first-order valence-electron chi connectivity index (χ1n) is 10.3. The van der Waals surface area contributed by atoms with Crippen molar-refractivity contribution in [2.45, 2.75) is 13.3 Å². The van der Waals surface area contributed by atoms with Crippen LogP contribution in [0.25, 0.3) is 28.2 Å². The summed E-state index contributed by atoms with van der Waals surface area (Å²) in [5.41, 5.74) is 3.95. The third kappa shape index (κ3) is 4.17. The summed E-state index contributed by atoms with van der Waals surface area (Å²) in [6.07, 6.45) is 0.562. The molecule has 0 aliphatic rings. The van der Waals surface area contributed by atoms with Gasteiger partial charge in [0.15, 0.2) is 0 Å². The standard InChI is InChI=1S/C24H24FN5O2/c1-16-6-3-4-7-20(16)30-21(32)13-12-19(27-30)22-23(17-8-10-18(25)11-9-17)28-29(2)24(22)26-14-5-15-31/h3-4,6-13,26,31H,5,14-15H2,1-2H3. The van der Waals surface area contributed by atoms with Crippen LogP contribution in [0.3, 0.4) is 0 Å². The predicted molar refractivity (Wildman–Crippen MR) is 122 cm³/mol. The Balaban J connectivity index is 1.91. The summed E-state index contributed by atoms with van der Waals surface area (Å²) < 4.78 is 16.6. The molecule has 2 aromatic carbocycles. The van der Waals surface area contributed by atoms with Crippen LogP contribution in [-0.2, 0) is 7.05 Å². The molecule has 0 atom stereocenters. The number of benzene rings is 2. The van der Waals surface area contributed by atoms with Crippen LogP contribution in [0.15, 0.2) is 65.5 Å². The Labute approximate surface area is 184 Å². The fraction of sp³-hybridized carbons (Fsp3) is 0.208. The predicted octanol–water partition coefficient (Wildman–Crippen LogP) is 3.54. The maximum atomic E-state index is 13.5. The van der Waals surface area contributed by atoms with Gasteiger partial charge in [-0.25, -0.2) is 4.39 Å². The van der Waals surface area contributed by atoms with E-state index in [1.165, 1.54) is 22.9 Å².